The van der Waals surface area contributed by atoms with Crippen LogP contribution in [0.2, 0.25) is 0 Å². The lowest BCUT2D eigenvalue weighted by Gasteiger charge is -2.12. The molecule has 21 heavy (non-hydrogen) atoms. The maximum atomic E-state index is 12.2. The van der Waals surface area contributed by atoms with E-state index in [9.17, 15) is 4.79 Å². The molecule has 1 aromatic carbocycles. The summed E-state index contributed by atoms with van der Waals surface area (Å²) in [6, 6.07) is 7.23. The molecule has 5 heteroatoms. The fourth-order valence-electron chi connectivity index (χ4n) is 1.87. The summed E-state index contributed by atoms with van der Waals surface area (Å²) in [5.74, 6) is 1.14. The third-order valence-electron chi connectivity index (χ3n) is 2.84. The Morgan fingerprint density at radius 1 is 1.14 bits per heavy atom. The molecule has 1 amide bonds. The fraction of sp³-hybridized carbons (Fsp3) is 0.312. The van der Waals surface area contributed by atoms with Gasteiger partial charge in [0.1, 0.15) is 0 Å². The quantitative estimate of drug-likeness (QED) is 0.852. The smallest absolute Gasteiger partial charge is 0.251 e. The zero-order chi connectivity index (χ0) is 15.1. The van der Waals surface area contributed by atoms with Gasteiger partial charge in [0.25, 0.3) is 5.91 Å². The molecule has 0 atom stereocenters. The molecule has 0 fully saturated rings. The first-order valence-corrected chi connectivity index (χ1v) is 7.87. The van der Waals surface area contributed by atoms with E-state index in [0.29, 0.717) is 36.8 Å². The van der Waals surface area contributed by atoms with Crippen molar-refractivity contribution in [2.75, 3.05) is 13.2 Å². The Kier molecular flexibility index (Phi) is 5.63. The summed E-state index contributed by atoms with van der Waals surface area (Å²) in [5.41, 5.74) is 1.67. The van der Waals surface area contributed by atoms with Gasteiger partial charge in [0.05, 0.1) is 13.2 Å². The van der Waals surface area contributed by atoms with Gasteiger partial charge in [0.2, 0.25) is 0 Å². The van der Waals surface area contributed by atoms with E-state index in [1.165, 1.54) is 0 Å². The number of carbonyl (C=O) groups is 1. The number of nitrogens with one attached hydrogen (secondary N) is 1. The van der Waals surface area contributed by atoms with Crippen molar-refractivity contribution in [1.29, 1.82) is 0 Å². The lowest BCUT2D eigenvalue weighted by atomic mass is 10.2. The van der Waals surface area contributed by atoms with Crippen LogP contribution in [0.15, 0.2) is 35.0 Å². The summed E-state index contributed by atoms with van der Waals surface area (Å²) in [5, 5.41) is 6.90. The number of carbonyl (C=O) groups excluding carboxylic acids is 1. The third-order valence-corrected chi connectivity index (χ3v) is 3.57. The average Bonchev–Trinajstić information content (AvgIpc) is 3.00. The minimum atomic E-state index is -0.120. The van der Waals surface area contributed by atoms with Crippen molar-refractivity contribution in [3.63, 3.8) is 0 Å². The van der Waals surface area contributed by atoms with Crippen LogP contribution >= 0.6 is 11.3 Å². The Bertz CT molecular complexity index is 581. The molecule has 0 saturated heterocycles. The molecule has 112 valence electrons. The minimum absolute atomic E-state index is 0.120. The zero-order valence-corrected chi connectivity index (χ0v) is 13.0. The van der Waals surface area contributed by atoms with E-state index in [1.54, 1.807) is 29.5 Å². The van der Waals surface area contributed by atoms with E-state index >= 15 is 0 Å². The van der Waals surface area contributed by atoms with Crippen LogP contribution in [0.5, 0.6) is 11.5 Å². The molecular formula is C16H19NO3S. The first-order valence-electron chi connectivity index (χ1n) is 6.93. The minimum Gasteiger partial charge on any atom is -0.490 e. The van der Waals surface area contributed by atoms with E-state index in [0.717, 1.165) is 5.56 Å². The number of thiophene rings is 1. The maximum Gasteiger partial charge on any atom is 0.251 e. The summed E-state index contributed by atoms with van der Waals surface area (Å²) in [7, 11) is 0. The first-order chi connectivity index (χ1) is 10.2. The zero-order valence-electron chi connectivity index (χ0n) is 12.2. The first kappa shape index (κ1) is 15.4. The van der Waals surface area contributed by atoms with Crippen molar-refractivity contribution in [1.82, 2.24) is 5.32 Å². The fourth-order valence-corrected chi connectivity index (χ4v) is 2.54. The van der Waals surface area contributed by atoms with Gasteiger partial charge in [-0.15, -0.1) is 0 Å². The van der Waals surface area contributed by atoms with Crippen LogP contribution < -0.4 is 14.8 Å². The van der Waals surface area contributed by atoms with Gasteiger partial charge in [-0.2, -0.15) is 11.3 Å². The molecule has 2 rings (SSSR count). The highest BCUT2D eigenvalue weighted by molar-refractivity contribution is 7.07. The van der Waals surface area contributed by atoms with Crippen LogP contribution in [0.1, 0.15) is 29.8 Å². The Balaban J connectivity index is 2.07. The second kappa shape index (κ2) is 7.69. The van der Waals surface area contributed by atoms with E-state index in [2.05, 4.69) is 5.32 Å². The van der Waals surface area contributed by atoms with Gasteiger partial charge in [-0.25, -0.2) is 0 Å². The van der Waals surface area contributed by atoms with Gasteiger partial charge in [0.15, 0.2) is 11.5 Å². The van der Waals surface area contributed by atoms with Crippen LogP contribution in [0, 0.1) is 0 Å². The van der Waals surface area contributed by atoms with Crippen molar-refractivity contribution >= 4 is 17.2 Å². The normalized spacial score (nSPS) is 10.2. The number of ether oxygens (including phenoxy) is 2. The van der Waals surface area contributed by atoms with E-state index in [-0.39, 0.29) is 5.91 Å². The summed E-state index contributed by atoms with van der Waals surface area (Å²) in [4.78, 5) is 12.2. The van der Waals surface area contributed by atoms with Crippen molar-refractivity contribution < 1.29 is 14.3 Å². The Morgan fingerprint density at radius 2 is 1.90 bits per heavy atom. The van der Waals surface area contributed by atoms with Crippen molar-refractivity contribution in [3.05, 3.63) is 46.2 Å². The van der Waals surface area contributed by atoms with Crippen molar-refractivity contribution in [2.24, 2.45) is 0 Å². The van der Waals surface area contributed by atoms with Crippen LogP contribution in [0.25, 0.3) is 0 Å². The van der Waals surface area contributed by atoms with Gasteiger partial charge < -0.3 is 14.8 Å². The lowest BCUT2D eigenvalue weighted by Crippen LogP contribution is -2.22. The van der Waals surface area contributed by atoms with Crippen LogP contribution in [0.4, 0.5) is 0 Å². The van der Waals surface area contributed by atoms with Gasteiger partial charge in [-0.1, -0.05) is 0 Å². The molecule has 0 saturated carbocycles. The summed E-state index contributed by atoms with van der Waals surface area (Å²) < 4.78 is 11.0. The molecule has 2 aromatic rings. The number of hydrogen-bond donors (Lipinski definition) is 1. The molecular weight excluding hydrogens is 286 g/mol. The molecule has 1 heterocycles. The maximum absolute atomic E-state index is 12.2. The average molecular weight is 305 g/mol. The highest BCUT2D eigenvalue weighted by Crippen LogP contribution is 2.28. The highest BCUT2D eigenvalue weighted by Gasteiger charge is 2.11. The second-order valence-electron chi connectivity index (χ2n) is 4.34. The molecule has 1 aromatic heterocycles. The third kappa shape index (κ3) is 4.23. The topological polar surface area (TPSA) is 47.6 Å². The van der Waals surface area contributed by atoms with Crippen LogP contribution in [-0.2, 0) is 6.54 Å². The Hall–Kier alpha value is -2.01. The lowest BCUT2D eigenvalue weighted by molar-refractivity contribution is 0.0950. The predicted molar refractivity (Wildman–Crippen MR) is 84.3 cm³/mol. The van der Waals surface area contributed by atoms with Gasteiger partial charge >= 0.3 is 0 Å². The van der Waals surface area contributed by atoms with Crippen LogP contribution in [0.3, 0.4) is 0 Å². The molecule has 0 aliphatic carbocycles. The van der Waals surface area contributed by atoms with E-state index in [4.69, 9.17) is 9.47 Å². The van der Waals surface area contributed by atoms with Gasteiger partial charge in [-0.3, -0.25) is 4.79 Å². The van der Waals surface area contributed by atoms with Crippen LogP contribution in [-0.4, -0.2) is 19.1 Å². The van der Waals surface area contributed by atoms with Crippen molar-refractivity contribution in [3.8, 4) is 11.5 Å². The second-order valence-corrected chi connectivity index (χ2v) is 5.12. The largest absolute Gasteiger partial charge is 0.490 e. The number of rotatable bonds is 7. The molecule has 0 bridgehead atoms. The monoisotopic (exact) mass is 305 g/mol. The molecule has 4 nitrogen and oxygen atoms in total. The van der Waals surface area contributed by atoms with Crippen molar-refractivity contribution in [2.45, 2.75) is 20.4 Å². The number of benzene rings is 1. The molecule has 0 aliphatic heterocycles. The number of hydrogen-bond acceptors (Lipinski definition) is 4. The van der Waals surface area contributed by atoms with Gasteiger partial charge in [0, 0.05) is 12.1 Å². The summed E-state index contributed by atoms with van der Waals surface area (Å²) in [6.45, 7) is 5.43. The predicted octanol–water partition coefficient (Wildman–Crippen LogP) is 3.48. The summed E-state index contributed by atoms with van der Waals surface area (Å²) in [6.07, 6.45) is 0. The summed E-state index contributed by atoms with van der Waals surface area (Å²) >= 11 is 1.62. The SMILES string of the molecule is CCOc1ccc(C(=O)NCc2ccsc2)cc1OCC. The highest BCUT2D eigenvalue weighted by atomic mass is 32.1. The molecule has 1 N–H and O–H groups in total. The standard InChI is InChI=1S/C16H19NO3S/c1-3-19-14-6-5-13(9-15(14)20-4-2)16(18)17-10-12-7-8-21-11-12/h5-9,11H,3-4,10H2,1-2H3,(H,17,18). The molecule has 0 aliphatic rings. The Labute approximate surface area is 128 Å². The number of amides is 1. The molecule has 0 spiro atoms. The van der Waals surface area contributed by atoms with Gasteiger partial charge in [-0.05, 0) is 54.4 Å². The Morgan fingerprint density at radius 3 is 2.57 bits per heavy atom. The van der Waals surface area contributed by atoms with E-state index < -0.39 is 0 Å². The molecule has 0 radical (unpaired) electrons. The van der Waals surface area contributed by atoms with E-state index in [1.807, 2.05) is 30.7 Å². The molecule has 0 unspecified atom stereocenters.